The summed E-state index contributed by atoms with van der Waals surface area (Å²) in [6.07, 6.45) is 0. The van der Waals surface area contributed by atoms with E-state index in [2.05, 4.69) is 4.74 Å². The maximum Gasteiger partial charge on any atom is 0.332 e. The zero-order chi connectivity index (χ0) is 30.3. The molecular formula is C27H52O14. The maximum atomic E-state index is 11.5. The molecule has 0 amide bonds. The fourth-order valence-corrected chi connectivity index (χ4v) is 2.62. The Bertz CT molecular complexity index is 585. The minimum Gasteiger partial charge on any atom is -0.467 e. The van der Waals surface area contributed by atoms with Gasteiger partial charge in [0.1, 0.15) is 18.8 Å². The zero-order valence-corrected chi connectivity index (χ0v) is 25.4. The van der Waals surface area contributed by atoms with E-state index in [1.165, 1.54) is 7.11 Å². The highest BCUT2D eigenvalue weighted by Gasteiger charge is 2.15. The van der Waals surface area contributed by atoms with Gasteiger partial charge in [-0.2, -0.15) is 0 Å². The molecule has 0 atom stereocenters. The molecule has 0 aliphatic rings. The number of esters is 2. The number of hydrogen-bond donors (Lipinski definition) is 0. The van der Waals surface area contributed by atoms with Crippen LogP contribution < -0.4 is 0 Å². The molecule has 0 rings (SSSR count). The van der Waals surface area contributed by atoms with Crippen LogP contribution in [0.4, 0.5) is 0 Å². The predicted molar refractivity (Wildman–Crippen MR) is 146 cm³/mol. The van der Waals surface area contributed by atoms with Crippen LogP contribution in [0.5, 0.6) is 0 Å². The van der Waals surface area contributed by atoms with Gasteiger partial charge in [-0.05, 0) is 20.8 Å². The largest absolute Gasteiger partial charge is 0.467 e. The third-order valence-electron chi connectivity index (χ3n) is 4.44. The number of carbonyl (C=O) groups is 2. The van der Waals surface area contributed by atoms with Crippen molar-refractivity contribution in [2.75, 3.05) is 139 Å². The summed E-state index contributed by atoms with van der Waals surface area (Å²) in [5, 5.41) is 0. The molecule has 0 saturated carbocycles. The number of ether oxygens (including phenoxy) is 12. The highest BCUT2D eigenvalue weighted by atomic mass is 16.6. The summed E-state index contributed by atoms with van der Waals surface area (Å²) in [5.41, 5.74) is -0.513. The lowest BCUT2D eigenvalue weighted by molar-refractivity contribution is -0.160. The third kappa shape index (κ3) is 34.6. The van der Waals surface area contributed by atoms with E-state index in [-0.39, 0.29) is 13.2 Å². The van der Waals surface area contributed by atoms with Gasteiger partial charge in [0.25, 0.3) is 0 Å². The van der Waals surface area contributed by atoms with Crippen molar-refractivity contribution in [3.63, 3.8) is 0 Å². The van der Waals surface area contributed by atoms with Crippen LogP contribution in [-0.2, 0) is 66.4 Å². The van der Waals surface area contributed by atoms with Gasteiger partial charge in [-0.15, -0.1) is 0 Å². The Morgan fingerprint density at radius 3 is 0.829 bits per heavy atom. The fraction of sp³-hybridized carbons (Fsp3) is 0.926. The van der Waals surface area contributed by atoms with E-state index in [1.807, 2.05) is 20.8 Å². The monoisotopic (exact) mass is 600 g/mol. The number of methoxy groups -OCH3 is 1. The van der Waals surface area contributed by atoms with Crippen LogP contribution in [0.15, 0.2) is 0 Å². The first-order chi connectivity index (χ1) is 19.8. The fourth-order valence-electron chi connectivity index (χ4n) is 2.62. The normalized spacial score (nSPS) is 11.6. The Labute approximate surface area is 244 Å². The first-order valence-corrected chi connectivity index (χ1v) is 13.9. The summed E-state index contributed by atoms with van der Waals surface area (Å²) in [4.78, 5) is 22.3. The summed E-state index contributed by atoms with van der Waals surface area (Å²) in [5.74, 6) is -0.802. The lowest BCUT2D eigenvalue weighted by Gasteiger charge is -2.19. The predicted octanol–water partition coefficient (Wildman–Crippen LogP) is 0.667. The van der Waals surface area contributed by atoms with Crippen molar-refractivity contribution in [1.29, 1.82) is 0 Å². The molecule has 0 heterocycles. The van der Waals surface area contributed by atoms with Crippen molar-refractivity contribution in [2.24, 2.45) is 0 Å². The van der Waals surface area contributed by atoms with E-state index >= 15 is 0 Å². The quantitative estimate of drug-likeness (QED) is 0.0811. The van der Waals surface area contributed by atoms with Gasteiger partial charge in [-0.25, -0.2) is 9.59 Å². The summed E-state index contributed by atoms with van der Waals surface area (Å²) in [6.45, 7) is 13.2. The lowest BCUT2D eigenvalue weighted by Crippen LogP contribution is -2.27. The topological polar surface area (TPSA) is 145 Å². The van der Waals surface area contributed by atoms with E-state index in [4.69, 9.17) is 52.1 Å². The molecule has 14 heteroatoms. The first-order valence-electron chi connectivity index (χ1n) is 13.9. The van der Waals surface area contributed by atoms with Crippen molar-refractivity contribution in [1.82, 2.24) is 0 Å². The summed E-state index contributed by atoms with van der Waals surface area (Å²) in [6, 6.07) is 0. The van der Waals surface area contributed by atoms with E-state index in [0.717, 1.165) is 0 Å². The van der Waals surface area contributed by atoms with Crippen LogP contribution in [0.25, 0.3) is 0 Å². The summed E-state index contributed by atoms with van der Waals surface area (Å²) < 4.78 is 63.1. The van der Waals surface area contributed by atoms with Crippen LogP contribution in [0.2, 0.25) is 0 Å². The van der Waals surface area contributed by atoms with Gasteiger partial charge in [0.15, 0.2) is 0 Å². The minimum atomic E-state index is -0.513. The molecule has 0 unspecified atom stereocenters. The minimum absolute atomic E-state index is 0.0738. The molecule has 0 spiro atoms. The Hall–Kier alpha value is -1.46. The van der Waals surface area contributed by atoms with Crippen LogP contribution in [0.1, 0.15) is 20.8 Å². The Morgan fingerprint density at radius 1 is 0.390 bits per heavy atom. The highest BCUT2D eigenvalue weighted by Crippen LogP contribution is 2.06. The molecule has 41 heavy (non-hydrogen) atoms. The second-order valence-corrected chi connectivity index (χ2v) is 9.17. The highest BCUT2D eigenvalue weighted by molar-refractivity contribution is 5.71. The zero-order valence-electron chi connectivity index (χ0n) is 25.4. The average Bonchev–Trinajstić information content (AvgIpc) is 2.92. The molecule has 0 N–H and O–H groups in total. The average molecular weight is 601 g/mol. The Morgan fingerprint density at radius 2 is 0.610 bits per heavy atom. The second-order valence-electron chi connectivity index (χ2n) is 9.17. The van der Waals surface area contributed by atoms with Gasteiger partial charge < -0.3 is 56.8 Å². The standard InChI is InChI=1S/C27H52O14/c1-27(2,3)41-26(29)24-40-22-20-38-18-16-36-14-12-34-10-8-32-6-5-31-7-9-33-11-13-35-15-17-37-19-21-39-23-25(28)30-4/h5-24H2,1-4H3. The smallest absolute Gasteiger partial charge is 0.332 e. The molecule has 0 aliphatic carbocycles. The summed E-state index contributed by atoms with van der Waals surface area (Å²) >= 11 is 0. The molecule has 244 valence electrons. The Kier molecular flexibility index (Phi) is 28.9. The van der Waals surface area contributed by atoms with E-state index in [9.17, 15) is 9.59 Å². The van der Waals surface area contributed by atoms with Gasteiger partial charge >= 0.3 is 11.9 Å². The molecule has 0 fully saturated rings. The molecule has 0 radical (unpaired) electrons. The van der Waals surface area contributed by atoms with Crippen LogP contribution >= 0.6 is 0 Å². The molecule has 0 bridgehead atoms. The molecule has 0 aliphatic heterocycles. The molecule has 14 nitrogen and oxygen atoms in total. The summed E-state index contributed by atoms with van der Waals surface area (Å²) in [7, 11) is 1.31. The molecule has 0 aromatic rings. The lowest BCUT2D eigenvalue weighted by atomic mass is 10.2. The van der Waals surface area contributed by atoms with Crippen LogP contribution in [0.3, 0.4) is 0 Å². The van der Waals surface area contributed by atoms with E-state index < -0.39 is 17.5 Å². The van der Waals surface area contributed by atoms with Crippen molar-refractivity contribution < 1.29 is 66.4 Å². The first kappa shape index (κ1) is 39.5. The van der Waals surface area contributed by atoms with Crippen molar-refractivity contribution in [3.8, 4) is 0 Å². The third-order valence-corrected chi connectivity index (χ3v) is 4.44. The van der Waals surface area contributed by atoms with Gasteiger partial charge in [0, 0.05) is 0 Å². The van der Waals surface area contributed by atoms with E-state index in [0.29, 0.717) is 119 Å². The number of rotatable bonds is 31. The maximum absolute atomic E-state index is 11.5. The van der Waals surface area contributed by atoms with Crippen molar-refractivity contribution in [2.45, 2.75) is 26.4 Å². The molecule has 0 aromatic heterocycles. The van der Waals surface area contributed by atoms with Crippen molar-refractivity contribution in [3.05, 3.63) is 0 Å². The van der Waals surface area contributed by atoms with Gasteiger partial charge in [-0.1, -0.05) is 0 Å². The number of hydrogen-bond acceptors (Lipinski definition) is 14. The SMILES string of the molecule is COC(=O)COCCOCCOCCOCCOCCOCCOCCOCCOCCOCC(=O)OC(C)(C)C. The molecule has 0 saturated heterocycles. The molecule has 0 aromatic carbocycles. The molecular weight excluding hydrogens is 548 g/mol. The Balaban J connectivity index is 3.11. The van der Waals surface area contributed by atoms with Crippen molar-refractivity contribution >= 4 is 11.9 Å². The van der Waals surface area contributed by atoms with Gasteiger partial charge in [-0.3, -0.25) is 0 Å². The van der Waals surface area contributed by atoms with Gasteiger partial charge in [0.2, 0.25) is 0 Å². The van der Waals surface area contributed by atoms with Crippen LogP contribution in [0, 0.1) is 0 Å². The van der Waals surface area contributed by atoms with Gasteiger partial charge in [0.05, 0.1) is 126 Å². The second kappa shape index (κ2) is 30.0. The number of carbonyl (C=O) groups excluding carboxylic acids is 2. The van der Waals surface area contributed by atoms with Crippen LogP contribution in [-0.4, -0.2) is 157 Å². The van der Waals surface area contributed by atoms with E-state index in [1.54, 1.807) is 0 Å².